The van der Waals surface area contributed by atoms with Crippen molar-refractivity contribution in [1.29, 1.82) is 0 Å². The van der Waals surface area contributed by atoms with Gasteiger partial charge in [-0.3, -0.25) is 5.32 Å². The second-order valence-electron chi connectivity index (χ2n) is 5.91. The summed E-state index contributed by atoms with van der Waals surface area (Å²) in [5.74, 6) is -1.10. The molecule has 1 N–H and O–H groups in total. The van der Waals surface area contributed by atoms with Crippen molar-refractivity contribution < 1.29 is 27.5 Å². The van der Waals surface area contributed by atoms with E-state index < -0.39 is 32.9 Å². The average molecular weight is 343 g/mol. The van der Waals surface area contributed by atoms with Crippen LogP contribution in [0.5, 0.6) is 0 Å². The summed E-state index contributed by atoms with van der Waals surface area (Å²) in [6, 6.07) is 5.90. The van der Waals surface area contributed by atoms with Gasteiger partial charge in [0.1, 0.15) is 5.60 Å². The molecule has 1 amide bonds. The van der Waals surface area contributed by atoms with E-state index in [4.69, 9.17) is 4.74 Å². The second-order valence-corrected chi connectivity index (χ2v) is 7.94. The number of alkyl carbamates (subject to hydrolysis) is 1. The topological polar surface area (TPSA) is 98.8 Å². The molecule has 7 nitrogen and oxygen atoms in total. The van der Waals surface area contributed by atoms with E-state index in [2.05, 4.69) is 10.1 Å². The fourth-order valence-electron chi connectivity index (χ4n) is 1.65. The van der Waals surface area contributed by atoms with Crippen LogP contribution in [0.1, 0.15) is 26.3 Å². The van der Waals surface area contributed by atoms with Crippen LogP contribution in [0.2, 0.25) is 0 Å². The molecular formula is C15H21NO6S. The number of amides is 1. The quantitative estimate of drug-likeness (QED) is 0.837. The third-order valence-corrected chi connectivity index (χ3v) is 4.58. The molecule has 0 saturated carbocycles. The first-order valence-electron chi connectivity index (χ1n) is 6.85. The summed E-state index contributed by atoms with van der Waals surface area (Å²) in [6.45, 7) is 6.66. The molecule has 0 heterocycles. The first-order valence-corrected chi connectivity index (χ1v) is 8.40. The van der Waals surface area contributed by atoms with Crippen molar-refractivity contribution in [1.82, 2.24) is 5.32 Å². The molecule has 1 aromatic carbocycles. The van der Waals surface area contributed by atoms with E-state index in [0.717, 1.165) is 12.7 Å². The highest BCUT2D eigenvalue weighted by Crippen LogP contribution is 2.17. The average Bonchev–Trinajstić information content (AvgIpc) is 2.42. The maximum atomic E-state index is 12.6. The standard InChI is InChI=1S/C15H21NO6S/c1-10-6-8-11(9-7-10)23(19,20)12(13(17)21-5)16-14(18)22-15(2,3)4/h6-9,12H,1-5H3,(H,16,18). The predicted octanol–water partition coefficient (Wildman–Crippen LogP) is 1.79. The third kappa shape index (κ3) is 5.24. The van der Waals surface area contributed by atoms with Crippen molar-refractivity contribution in [2.45, 2.75) is 43.6 Å². The van der Waals surface area contributed by atoms with Gasteiger partial charge in [0.05, 0.1) is 12.0 Å². The van der Waals surface area contributed by atoms with E-state index in [9.17, 15) is 18.0 Å². The highest BCUT2D eigenvalue weighted by atomic mass is 32.2. The van der Waals surface area contributed by atoms with E-state index in [1.165, 1.54) is 12.1 Å². The maximum absolute atomic E-state index is 12.6. The predicted molar refractivity (Wildman–Crippen MR) is 83.5 cm³/mol. The van der Waals surface area contributed by atoms with Gasteiger partial charge < -0.3 is 9.47 Å². The lowest BCUT2D eigenvalue weighted by Crippen LogP contribution is -2.48. The minimum atomic E-state index is -4.17. The lowest BCUT2D eigenvalue weighted by molar-refractivity contribution is -0.140. The fraction of sp³-hybridized carbons (Fsp3) is 0.467. The number of rotatable bonds is 4. The number of hydrogen-bond acceptors (Lipinski definition) is 6. The zero-order valence-electron chi connectivity index (χ0n) is 13.7. The monoisotopic (exact) mass is 343 g/mol. The van der Waals surface area contributed by atoms with Crippen LogP contribution in [0.3, 0.4) is 0 Å². The van der Waals surface area contributed by atoms with Crippen molar-refractivity contribution in [3.63, 3.8) is 0 Å². The van der Waals surface area contributed by atoms with E-state index in [0.29, 0.717) is 0 Å². The van der Waals surface area contributed by atoms with Gasteiger partial charge in [-0.1, -0.05) is 17.7 Å². The number of carbonyl (C=O) groups excluding carboxylic acids is 2. The van der Waals surface area contributed by atoms with Crippen molar-refractivity contribution in [2.75, 3.05) is 7.11 Å². The van der Waals surface area contributed by atoms with Crippen LogP contribution < -0.4 is 5.32 Å². The van der Waals surface area contributed by atoms with Gasteiger partial charge in [-0.25, -0.2) is 18.0 Å². The second kappa shape index (κ2) is 6.99. The lowest BCUT2D eigenvalue weighted by atomic mass is 10.2. The van der Waals surface area contributed by atoms with Crippen LogP contribution >= 0.6 is 0 Å². The lowest BCUT2D eigenvalue weighted by Gasteiger charge is -2.22. The normalized spacial score (nSPS) is 13.1. The molecular weight excluding hydrogens is 322 g/mol. The number of benzene rings is 1. The molecule has 0 aliphatic carbocycles. The molecule has 0 aliphatic rings. The first-order chi connectivity index (χ1) is 10.5. The molecule has 1 rings (SSSR count). The molecule has 0 radical (unpaired) electrons. The Labute approximate surface area is 135 Å². The highest BCUT2D eigenvalue weighted by molar-refractivity contribution is 7.92. The molecule has 0 aliphatic heterocycles. The van der Waals surface area contributed by atoms with Crippen LogP contribution in [0.25, 0.3) is 0 Å². The number of nitrogens with one attached hydrogen (secondary N) is 1. The smallest absolute Gasteiger partial charge is 0.409 e. The Morgan fingerprint density at radius 2 is 1.65 bits per heavy atom. The Bertz CT molecular complexity index is 673. The van der Waals surface area contributed by atoms with Crippen LogP contribution in [-0.2, 0) is 24.1 Å². The summed E-state index contributed by atoms with van der Waals surface area (Å²) in [5.41, 5.74) is 0.0249. The van der Waals surface area contributed by atoms with E-state index in [-0.39, 0.29) is 4.90 Å². The Kier molecular flexibility index (Phi) is 5.76. The van der Waals surface area contributed by atoms with E-state index in [1.807, 2.05) is 0 Å². The van der Waals surface area contributed by atoms with Crippen LogP contribution in [-0.4, -0.2) is 38.6 Å². The Morgan fingerprint density at radius 1 is 1.13 bits per heavy atom. The number of methoxy groups -OCH3 is 1. The minimum Gasteiger partial charge on any atom is -0.467 e. The number of hydrogen-bond donors (Lipinski definition) is 1. The molecule has 23 heavy (non-hydrogen) atoms. The van der Waals surface area contributed by atoms with Gasteiger partial charge in [-0.05, 0) is 39.8 Å². The van der Waals surface area contributed by atoms with Gasteiger partial charge in [0.2, 0.25) is 15.2 Å². The van der Waals surface area contributed by atoms with Gasteiger partial charge in [0.15, 0.2) is 0 Å². The molecule has 128 valence electrons. The van der Waals surface area contributed by atoms with Crippen molar-refractivity contribution in [2.24, 2.45) is 0 Å². The Morgan fingerprint density at radius 3 is 2.09 bits per heavy atom. The Balaban J connectivity index is 3.13. The van der Waals surface area contributed by atoms with Crippen molar-refractivity contribution in [3.05, 3.63) is 29.8 Å². The highest BCUT2D eigenvalue weighted by Gasteiger charge is 2.37. The van der Waals surface area contributed by atoms with Crippen molar-refractivity contribution in [3.8, 4) is 0 Å². The van der Waals surface area contributed by atoms with Gasteiger partial charge in [-0.15, -0.1) is 0 Å². The molecule has 0 aromatic heterocycles. The molecule has 1 aromatic rings. The summed E-state index contributed by atoms with van der Waals surface area (Å²) in [4.78, 5) is 23.5. The number of esters is 1. The molecule has 0 fully saturated rings. The van der Waals surface area contributed by atoms with Crippen LogP contribution in [0.4, 0.5) is 4.79 Å². The summed E-state index contributed by atoms with van der Waals surface area (Å²) in [5, 5.41) is 0.170. The summed E-state index contributed by atoms with van der Waals surface area (Å²) >= 11 is 0. The molecule has 1 unspecified atom stereocenters. The molecule has 0 bridgehead atoms. The minimum absolute atomic E-state index is 0.102. The summed E-state index contributed by atoms with van der Waals surface area (Å²) < 4.78 is 34.6. The van der Waals surface area contributed by atoms with Crippen LogP contribution in [0.15, 0.2) is 29.2 Å². The molecule has 0 saturated heterocycles. The largest absolute Gasteiger partial charge is 0.467 e. The summed E-state index contributed by atoms with van der Waals surface area (Å²) in [6.07, 6.45) is -1.02. The van der Waals surface area contributed by atoms with E-state index in [1.54, 1.807) is 39.8 Å². The Hall–Kier alpha value is -2.09. The van der Waals surface area contributed by atoms with Crippen LogP contribution in [0, 0.1) is 6.92 Å². The van der Waals surface area contributed by atoms with Crippen molar-refractivity contribution >= 4 is 21.9 Å². The van der Waals surface area contributed by atoms with Gasteiger partial charge in [0.25, 0.3) is 0 Å². The number of carbonyl (C=O) groups is 2. The van der Waals surface area contributed by atoms with Gasteiger partial charge in [0, 0.05) is 0 Å². The number of sulfone groups is 1. The number of aryl methyl sites for hydroxylation is 1. The van der Waals surface area contributed by atoms with Gasteiger partial charge >= 0.3 is 12.1 Å². The van der Waals surface area contributed by atoms with Gasteiger partial charge in [-0.2, -0.15) is 0 Å². The fourth-order valence-corrected chi connectivity index (χ4v) is 3.04. The zero-order valence-corrected chi connectivity index (χ0v) is 14.6. The molecule has 8 heteroatoms. The third-order valence-electron chi connectivity index (χ3n) is 2.72. The zero-order chi connectivity index (χ0) is 17.8. The SMILES string of the molecule is COC(=O)C(NC(=O)OC(C)(C)C)S(=O)(=O)c1ccc(C)cc1. The summed E-state index contributed by atoms with van der Waals surface area (Å²) in [7, 11) is -3.13. The first kappa shape index (κ1) is 19.0. The number of ether oxygens (including phenoxy) is 2. The maximum Gasteiger partial charge on any atom is 0.409 e. The molecule has 0 spiro atoms. The molecule has 1 atom stereocenters. The van der Waals surface area contributed by atoms with E-state index >= 15 is 0 Å².